The fourth-order valence-electron chi connectivity index (χ4n) is 9.05. The maximum Gasteiger partial charge on any atom is 0.213 e. The number of hydrogen-bond donors (Lipinski definition) is 0. The molecule has 5 aromatic rings. The molecule has 0 N–H and O–H groups in total. The summed E-state index contributed by atoms with van der Waals surface area (Å²) in [5.74, 6) is 0. The Morgan fingerprint density at radius 1 is 0.711 bits per heavy atom. The molecule has 0 saturated carbocycles. The highest BCUT2D eigenvalue weighted by molar-refractivity contribution is 5.69. The Morgan fingerprint density at radius 2 is 1.51 bits per heavy atom. The first-order valence-corrected chi connectivity index (χ1v) is 17.3. The van der Waals surface area contributed by atoms with Crippen LogP contribution in [-0.4, -0.2) is 0 Å². The van der Waals surface area contributed by atoms with Gasteiger partial charge < -0.3 is 0 Å². The van der Waals surface area contributed by atoms with Gasteiger partial charge >= 0.3 is 0 Å². The summed E-state index contributed by atoms with van der Waals surface area (Å²) < 4.78 is 5.31. The van der Waals surface area contributed by atoms with Crippen LogP contribution in [0.4, 0.5) is 0 Å². The van der Waals surface area contributed by atoms with Crippen LogP contribution in [0.2, 0.25) is 0 Å². The molecule has 0 spiro atoms. The van der Waals surface area contributed by atoms with Crippen LogP contribution in [0, 0.1) is 6.92 Å². The fourth-order valence-corrected chi connectivity index (χ4v) is 9.05. The van der Waals surface area contributed by atoms with Crippen LogP contribution < -0.4 is 9.13 Å². The Balaban J connectivity index is 1.36. The van der Waals surface area contributed by atoms with E-state index in [0.29, 0.717) is 6.04 Å². The monoisotopic (exact) mass is 592 g/mol. The molecular formula is C43H48N2+2. The van der Waals surface area contributed by atoms with Crippen LogP contribution in [0.1, 0.15) is 94.6 Å². The molecule has 0 saturated heterocycles. The lowest BCUT2D eigenvalue weighted by Gasteiger charge is -2.49. The molecule has 0 radical (unpaired) electrons. The molecule has 2 aliphatic rings. The number of unbranched alkanes of at least 4 members (excludes halogenated alkanes) is 1. The van der Waals surface area contributed by atoms with Gasteiger partial charge in [0, 0.05) is 56.0 Å². The largest absolute Gasteiger partial charge is 0.213 e. The molecule has 2 nitrogen and oxygen atoms in total. The zero-order valence-electron chi connectivity index (χ0n) is 27.8. The third kappa shape index (κ3) is 4.59. The van der Waals surface area contributed by atoms with E-state index in [1.807, 2.05) is 0 Å². The van der Waals surface area contributed by atoms with E-state index in [2.05, 4.69) is 153 Å². The van der Waals surface area contributed by atoms with E-state index >= 15 is 0 Å². The maximum atomic E-state index is 2.72. The van der Waals surface area contributed by atoms with E-state index in [0.717, 1.165) is 32.1 Å². The van der Waals surface area contributed by atoms with Crippen molar-refractivity contribution in [2.24, 2.45) is 0 Å². The van der Waals surface area contributed by atoms with Crippen molar-refractivity contribution in [2.45, 2.75) is 96.6 Å². The average molecular weight is 593 g/mol. The number of benzene rings is 3. The Hall–Kier alpha value is -4.04. The second kappa shape index (κ2) is 11.7. The molecule has 0 amide bonds. The first-order chi connectivity index (χ1) is 22.0. The molecule has 0 fully saturated rings. The molecule has 3 aromatic carbocycles. The summed E-state index contributed by atoms with van der Waals surface area (Å²) in [4.78, 5) is 0. The molecular weight excluding hydrogens is 544 g/mol. The van der Waals surface area contributed by atoms with Gasteiger partial charge in [-0.1, -0.05) is 87.9 Å². The molecule has 2 aliphatic heterocycles. The molecule has 2 aromatic heterocycles. The predicted molar refractivity (Wildman–Crippen MR) is 186 cm³/mol. The minimum Gasteiger partial charge on any atom is -0.191 e. The van der Waals surface area contributed by atoms with Crippen molar-refractivity contribution in [3.63, 3.8) is 0 Å². The van der Waals surface area contributed by atoms with Crippen LogP contribution in [0.3, 0.4) is 0 Å². The topological polar surface area (TPSA) is 7.76 Å². The van der Waals surface area contributed by atoms with Crippen LogP contribution in [0.15, 0.2) is 109 Å². The van der Waals surface area contributed by atoms with Gasteiger partial charge in [-0.25, -0.2) is 0 Å². The van der Waals surface area contributed by atoms with Crippen molar-refractivity contribution in [1.82, 2.24) is 0 Å². The second-order valence-electron chi connectivity index (χ2n) is 13.7. The van der Waals surface area contributed by atoms with Crippen molar-refractivity contribution < 1.29 is 9.13 Å². The Bertz CT molecular complexity index is 1850. The highest BCUT2D eigenvalue weighted by Gasteiger charge is 2.59. The second-order valence-corrected chi connectivity index (χ2v) is 13.7. The van der Waals surface area contributed by atoms with Gasteiger partial charge in [0.15, 0.2) is 23.5 Å². The Kier molecular flexibility index (Phi) is 7.72. The number of nitrogens with zero attached hydrogens (tertiary/aromatic N) is 2. The highest BCUT2D eigenvalue weighted by atomic mass is 15.1. The summed E-state index contributed by atoms with van der Waals surface area (Å²) in [6.45, 7) is 12.0. The molecule has 0 bridgehead atoms. The Morgan fingerprint density at radius 3 is 2.29 bits per heavy atom. The smallest absolute Gasteiger partial charge is 0.191 e. The van der Waals surface area contributed by atoms with Gasteiger partial charge in [0.05, 0.1) is 16.5 Å². The lowest BCUT2D eigenvalue weighted by atomic mass is 9.57. The summed E-state index contributed by atoms with van der Waals surface area (Å²) in [7, 11) is 0. The number of rotatable bonds is 9. The van der Waals surface area contributed by atoms with Gasteiger partial charge in [-0.2, -0.15) is 9.13 Å². The highest BCUT2D eigenvalue weighted by Crippen LogP contribution is 2.54. The van der Waals surface area contributed by atoms with E-state index in [4.69, 9.17) is 0 Å². The zero-order valence-corrected chi connectivity index (χ0v) is 27.8. The minimum absolute atomic E-state index is 0.000549. The number of hydrogen-bond acceptors (Lipinski definition) is 0. The van der Waals surface area contributed by atoms with Gasteiger partial charge in [-0.05, 0) is 66.6 Å². The van der Waals surface area contributed by atoms with Crippen LogP contribution in [-0.2, 0) is 17.4 Å². The number of aromatic nitrogens is 2. The van der Waals surface area contributed by atoms with Crippen LogP contribution in [0.25, 0.3) is 33.6 Å². The normalized spacial score (nSPS) is 21.1. The van der Waals surface area contributed by atoms with E-state index in [1.165, 1.54) is 63.3 Å². The minimum atomic E-state index is -0.0438. The van der Waals surface area contributed by atoms with Crippen molar-refractivity contribution in [3.05, 3.63) is 132 Å². The first-order valence-electron chi connectivity index (χ1n) is 17.3. The van der Waals surface area contributed by atoms with E-state index < -0.39 is 0 Å². The Labute approximate surface area is 270 Å². The first kappa shape index (κ1) is 29.7. The lowest BCUT2D eigenvalue weighted by molar-refractivity contribution is -0.771. The molecule has 3 unspecified atom stereocenters. The van der Waals surface area contributed by atoms with Crippen molar-refractivity contribution >= 4 is 0 Å². The summed E-state index contributed by atoms with van der Waals surface area (Å²) in [5.41, 5.74) is 13.9. The number of pyridine rings is 2. The summed E-state index contributed by atoms with van der Waals surface area (Å²) in [6, 6.07) is 39.3. The fraction of sp³-hybridized carbons (Fsp3) is 0.349. The molecule has 7 rings (SSSR count). The summed E-state index contributed by atoms with van der Waals surface area (Å²) in [6.07, 6.45) is 10.4. The standard InChI is InChI=1S/C43H48N2/c1-6-9-17-32-23-25-38-37(29-32)41-22-15-16-31(4)45(41)42(5,7-2)43(38,8-3)28-27-40-36-21-14-13-20-35(36)39-26-24-34(30-44(39)40)33-18-11-10-12-19-33/h10-16,18-26,29-30,40H,6-9,17,27-28H2,1-5H3/q+2. The van der Waals surface area contributed by atoms with Gasteiger partial charge in [-0.15, -0.1) is 0 Å². The van der Waals surface area contributed by atoms with Crippen LogP contribution >= 0.6 is 0 Å². The van der Waals surface area contributed by atoms with E-state index in [1.54, 1.807) is 5.56 Å². The van der Waals surface area contributed by atoms with Crippen molar-refractivity contribution in [2.75, 3.05) is 0 Å². The van der Waals surface area contributed by atoms with E-state index in [-0.39, 0.29) is 11.0 Å². The average Bonchev–Trinajstić information content (AvgIpc) is 3.40. The molecule has 3 atom stereocenters. The van der Waals surface area contributed by atoms with Gasteiger partial charge in [-0.3, -0.25) is 0 Å². The number of aryl methyl sites for hydroxylation is 2. The number of fused-ring (bicyclic) bond motifs is 6. The SMILES string of the molecule is CCCCc1ccc2c(c1)-c1cccc(C)[n+]1C(C)(CC)C2(CC)CCC1c2ccccc2-c2ccc(-c3ccccc3)c[n+]21. The predicted octanol–water partition coefficient (Wildman–Crippen LogP) is 10.1. The maximum absolute atomic E-state index is 2.72. The van der Waals surface area contributed by atoms with Gasteiger partial charge in [0.25, 0.3) is 0 Å². The molecule has 2 heteroatoms. The van der Waals surface area contributed by atoms with Crippen LogP contribution in [0.5, 0.6) is 0 Å². The lowest BCUT2D eigenvalue weighted by Crippen LogP contribution is -2.69. The van der Waals surface area contributed by atoms with Gasteiger partial charge in [0.2, 0.25) is 11.4 Å². The third-order valence-corrected chi connectivity index (χ3v) is 11.6. The van der Waals surface area contributed by atoms with Crippen molar-refractivity contribution in [3.8, 4) is 33.6 Å². The molecule has 4 heterocycles. The van der Waals surface area contributed by atoms with E-state index in [9.17, 15) is 0 Å². The molecule has 45 heavy (non-hydrogen) atoms. The van der Waals surface area contributed by atoms with Gasteiger partial charge in [0.1, 0.15) is 0 Å². The zero-order chi connectivity index (χ0) is 31.2. The third-order valence-electron chi connectivity index (χ3n) is 11.6. The molecule has 228 valence electrons. The molecule has 0 aliphatic carbocycles. The summed E-state index contributed by atoms with van der Waals surface area (Å²) in [5, 5.41) is 0. The van der Waals surface area contributed by atoms with Crippen molar-refractivity contribution in [1.29, 1.82) is 0 Å². The summed E-state index contributed by atoms with van der Waals surface area (Å²) >= 11 is 0. The quantitative estimate of drug-likeness (QED) is 0.151.